The number of carbonyl (C=O) groups excluding carboxylic acids is 2. The number of amides is 2. The van der Waals surface area contributed by atoms with Gasteiger partial charge in [0.2, 0.25) is 11.8 Å². The molecule has 2 aromatic carbocycles. The molecular formula is C20H22N2O4. The van der Waals surface area contributed by atoms with Crippen LogP contribution >= 0.6 is 0 Å². The van der Waals surface area contributed by atoms with E-state index in [1.165, 1.54) is 12.1 Å². The van der Waals surface area contributed by atoms with Crippen LogP contribution in [0.15, 0.2) is 54.6 Å². The second-order valence-electron chi connectivity index (χ2n) is 6.01. The van der Waals surface area contributed by atoms with Crippen molar-refractivity contribution in [1.29, 1.82) is 0 Å². The molecule has 0 aliphatic heterocycles. The Morgan fingerprint density at radius 3 is 2.23 bits per heavy atom. The fraction of sp³-hybridized carbons (Fsp3) is 0.250. The van der Waals surface area contributed by atoms with Gasteiger partial charge in [0, 0.05) is 20.0 Å². The van der Waals surface area contributed by atoms with Gasteiger partial charge >= 0.3 is 5.97 Å². The van der Waals surface area contributed by atoms with E-state index in [1.54, 1.807) is 24.1 Å². The van der Waals surface area contributed by atoms with Gasteiger partial charge in [-0.15, -0.1) is 0 Å². The summed E-state index contributed by atoms with van der Waals surface area (Å²) in [5.74, 6) is -1.35. The van der Waals surface area contributed by atoms with Crippen LogP contribution < -0.4 is 5.32 Å². The lowest BCUT2D eigenvalue weighted by Crippen LogP contribution is -2.37. The number of nitrogens with one attached hydrogen (secondary N) is 1. The van der Waals surface area contributed by atoms with Gasteiger partial charge < -0.3 is 15.3 Å². The molecule has 0 saturated heterocycles. The molecule has 2 aromatic rings. The SMILES string of the molecule is CN(Cc1ccccc1)C(=O)CNC(=O)CCc1ccc(C(=O)O)cc1. The fourth-order valence-electron chi connectivity index (χ4n) is 2.41. The van der Waals surface area contributed by atoms with E-state index >= 15 is 0 Å². The first-order chi connectivity index (χ1) is 12.5. The molecule has 0 atom stereocenters. The van der Waals surface area contributed by atoms with Crippen LogP contribution in [0.4, 0.5) is 0 Å². The van der Waals surface area contributed by atoms with E-state index in [0.717, 1.165) is 11.1 Å². The molecule has 136 valence electrons. The molecule has 0 unspecified atom stereocenters. The second-order valence-corrected chi connectivity index (χ2v) is 6.01. The van der Waals surface area contributed by atoms with Crippen molar-refractivity contribution in [3.05, 3.63) is 71.3 Å². The highest BCUT2D eigenvalue weighted by atomic mass is 16.4. The first-order valence-electron chi connectivity index (χ1n) is 8.32. The van der Waals surface area contributed by atoms with Gasteiger partial charge in [0.25, 0.3) is 0 Å². The zero-order valence-electron chi connectivity index (χ0n) is 14.6. The van der Waals surface area contributed by atoms with Crippen molar-refractivity contribution in [2.24, 2.45) is 0 Å². The van der Waals surface area contributed by atoms with Crippen LogP contribution in [0.5, 0.6) is 0 Å². The monoisotopic (exact) mass is 354 g/mol. The predicted molar refractivity (Wildman–Crippen MR) is 97.6 cm³/mol. The Kier molecular flexibility index (Phi) is 6.91. The first kappa shape index (κ1) is 19.2. The summed E-state index contributed by atoms with van der Waals surface area (Å²) in [5.41, 5.74) is 2.11. The average molecular weight is 354 g/mol. The second kappa shape index (κ2) is 9.36. The standard InChI is InChI=1S/C20H22N2O4/c1-22(14-16-5-3-2-4-6-16)19(24)13-21-18(23)12-9-15-7-10-17(11-8-15)20(25)26/h2-8,10-11H,9,12-14H2,1H3,(H,21,23)(H,25,26). The molecule has 0 radical (unpaired) electrons. The maximum Gasteiger partial charge on any atom is 0.335 e. The molecule has 0 aliphatic carbocycles. The van der Waals surface area contributed by atoms with Gasteiger partial charge in [-0.25, -0.2) is 4.79 Å². The van der Waals surface area contributed by atoms with Gasteiger partial charge in [-0.1, -0.05) is 42.5 Å². The molecule has 0 heterocycles. The van der Waals surface area contributed by atoms with Crippen molar-refractivity contribution >= 4 is 17.8 Å². The minimum Gasteiger partial charge on any atom is -0.478 e. The molecule has 6 nitrogen and oxygen atoms in total. The van der Waals surface area contributed by atoms with Crippen LogP contribution in [0.25, 0.3) is 0 Å². The van der Waals surface area contributed by atoms with Crippen molar-refractivity contribution in [1.82, 2.24) is 10.2 Å². The predicted octanol–water partition coefficient (Wildman–Crippen LogP) is 2.09. The first-order valence-corrected chi connectivity index (χ1v) is 8.32. The minimum atomic E-state index is -0.979. The quantitative estimate of drug-likeness (QED) is 0.760. The smallest absolute Gasteiger partial charge is 0.335 e. The summed E-state index contributed by atoms with van der Waals surface area (Å²) < 4.78 is 0. The molecule has 0 spiro atoms. The van der Waals surface area contributed by atoms with E-state index < -0.39 is 5.97 Å². The number of carbonyl (C=O) groups is 3. The molecule has 2 amide bonds. The lowest BCUT2D eigenvalue weighted by molar-refractivity contribution is -0.132. The van der Waals surface area contributed by atoms with Crippen LogP contribution in [-0.4, -0.2) is 41.4 Å². The number of aryl methyl sites for hydroxylation is 1. The summed E-state index contributed by atoms with van der Waals surface area (Å²) in [7, 11) is 1.70. The summed E-state index contributed by atoms with van der Waals surface area (Å²) in [6, 6.07) is 16.0. The lowest BCUT2D eigenvalue weighted by Gasteiger charge is -2.17. The van der Waals surface area contributed by atoms with Gasteiger partial charge in [0.05, 0.1) is 12.1 Å². The summed E-state index contributed by atoms with van der Waals surface area (Å²) >= 11 is 0. The topological polar surface area (TPSA) is 86.7 Å². The molecule has 0 saturated carbocycles. The number of hydrogen-bond donors (Lipinski definition) is 2. The molecule has 0 bridgehead atoms. The highest BCUT2D eigenvalue weighted by Gasteiger charge is 2.11. The maximum atomic E-state index is 12.1. The van der Waals surface area contributed by atoms with E-state index in [9.17, 15) is 14.4 Å². The Hall–Kier alpha value is -3.15. The molecule has 0 fully saturated rings. The Bertz CT molecular complexity index is 757. The summed E-state index contributed by atoms with van der Waals surface area (Å²) in [6.07, 6.45) is 0.724. The van der Waals surface area contributed by atoms with Gasteiger partial charge in [0.15, 0.2) is 0 Å². The highest BCUT2D eigenvalue weighted by molar-refractivity contribution is 5.87. The molecule has 26 heavy (non-hydrogen) atoms. The minimum absolute atomic E-state index is 0.0415. The third-order valence-corrected chi connectivity index (χ3v) is 3.97. The van der Waals surface area contributed by atoms with Crippen LogP contribution in [-0.2, 0) is 22.6 Å². The number of likely N-dealkylation sites (N-methyl/N-ethyl adjacent to an activating group) is 1. The van der Waals surface area contributed by atoms with E-state index in [1.807, 2.05) is 30.3 Å². The van der Waals surface area contributed by atoms with Crippen molar-refractivity contribution in [3.63, 3.8) is 0 Å². The fourth-order valence-corrected chi connectivity index (χ4v) is 2.41. The number of carboxylic acid groups (broad SMARTS) is 1. The Balaban J connectivity index is 1.72. The number of carboxylic acids is 1. The number of benzene rings is 2. The highest BCUT2D eigenvalue weighted by Crippen LogP contribution is 2.07. The van der Waals surface area contributed by atoms with Crippen LogP contribution in [0.1, 0.15) is 27.9 Å². The largest absolute Gasteiger partial charge is 0.478 e. The van der Waals surface area contributed by atoms with E-state index in [0.29, 0.717) is 13.0 Å². The van der Waals surface area contributed by atoms with Crippen molar-refractivity contribution in [3.8, 4) is 0 Å². The van der Waals surface area contributed by atoms with Crippen molar-refractivity contribution < 1.29 is 19.5 Å². The molecule has 0 aliphatic rings. The molecule has 2 N–H and O–H groups in total. The third-order valence-electron chi connectivity index (χ3n) is 3.97. The number of aromatic carboxylic acids is 1. The lowest BCUT2D eigenvalue weighted by atomic mass is 10.1. The summed E-state index contributed by atoms with van der Waals surface area (Å²) in [5, 5.41) is 11.5. The third kappa shape index (κ3) is 6.05. The van der Waals surface area contributed by atoms with Gasteiger partial charge in [-0.2, -0.15) is 0 Å². The zero-order chi connectivity index (χ0) is 18.9. The van der Waals surface area contributed by atoms with E-state index in [2.05, 4.69) is 5.32 Å². The normalized spacial score (nSPS) is 10.2. The van der Waals surface area contributed by atoms with Crippen LogP contribution in [0, 0.1) is 0 Å². The van der Waals surface area contributed by atoms with E-state index in [-0.39, 0.29) is 30.3 Å². The Morgan fingerprint density at radius 2 is 1.62 bits per heavy atom. The van der Waals surface area contributed by atoms with E-state index in [4.69, 9.17) is 5.11 Å². The van der Waals surface area contributed by atoms with Crippen LogP contribution in [0.2, 0.25) is 0 Å². The van der Waals surface area contributed by atoms with Gasteiger partial charge in [0.1, 0.15) is 0 Å². The molecular weight excluding hydrogens is 332 g/mol. The van der Waals surface area contributed by atoms with Crippen molar-refractivity contribution in [2.45, 2.75) is 19.4 Å². The van der Waals surface area contributed by atoms with Crippen molar-refractivity contribution in [2.75, 3.05) is 13.6 Å². The Labute approximate surface area is 152 Å². The van der Waals surface area contributed by atoms with Gasteiger partial charge in [-0.3, -0.25) is 9.59 Å². The molecule has 6 heteroatoms. The summed E-state index contributed by atoms with van der Waals surface area (Å²) in [6.45, 7) is 0.450. The number of rotatable bonds is 8. The zero-order valence-corrected chi connectivity index (χ0v) is 14.6. The maximum absolute atomic E-state index is 12.1. The number of hydrogen-bond acceptors (Lipinski definition) is 3. The molecule has 2 rings (SSSR count). The van der Waals surface area contributed by atoms with Crippen LogP contribution in [0.3, 0.4) is 0 Å². The Morgan fingerprint density at radius 1 is 0.962 bits per heavy atom. The average Bonchev–Trinajstić information content (AvgIpc) is 2.65. The van der Waals surface area contributed by atoms with Gasteiger partial charge in [-0.05, 0) is 29.7 Å². The number of nitrogens with zero attached hydrogens (tertiary/aromatic N) is 1. The molecule has 0 aromatic heterocycles. The summed E-state index contributed by atoms with van der Waals surface area (Å²) in [4.78, 5) is 36.4.